The topological polar surface area (TPSA) is 29.1 Å². The number of hydrogen-bond donors (Lipinski definition) is 1. The lowest BCUT2D eigenvalue weighted by molar-refractivity contribution is 0.101. The van der Waals surface area contributed by atoms with Gasteiger partial charge >= 0.3 is 0 Å². The summed E-state index contributed by atoms with van der Waals surface area (Å²) in [5, 5.41) is 2.18. The first kappa shape index (κ1) is 15.9. The van der Waals surface area contributed by atoms with Crippen LogP contribution >= 0.6 is 0 Å². The van der Waals surface area contributed by atoms with Crippen LogP contribution in [0.4, 0.5) is 27.6 Å². The summed E-state index contributed by atoms with van der Waals surface area (Å²) in [5.74, 6) is -12.4. The SMILES string of the molecule is Cc1cccc(C)c1NC(=O)c1c(F)c(F)c(F)c(F)c1F. The number of nitrogens with one attached hydrogen (secondary N) is 1. The molecule has 2 aromatic carbocycles. The molecule has 22 heavy (non-hydrogen) atoms. The normalized spacial score (nSPS) is 10.7. The number of carbonyl (C=O) groups is 1. The number of anilines is 1. The molecule has 0 aliphatic rings. The number of benzene rings is 2. The molecule has 0 saturated carbocycles. The van der Waals surface area contributed by atoms with Crippen molar-refractivity contribution in [3.8, 4) is 0 Å². The third-order valence-corrected chi connectivity index (χ3v) is 3.16. The lowest BCUT2D eigenvalue weighted by atomic mass is 10.1. The van der Waals surface area contributed by atoms with E-state index in [1.54, 1.807) is 32.0 Å². The second-order valence-electron chi connectivity index (χ2n) is 4.67. The molecule has 0 aliphatic heterocycles. The molecule has 0 saturated heterocycles. The molecule has 2 nitrogen and oxygen atoms in total. The molecule has 0 heterocycles. The average molecular weight is 315 g/mol. The van der Waals surface area contributed by atoms with Gasteiger partial charge in [0.1, 0.15) is 5.56 Å². The van der Waals surface area contributed by atoms with E-state index in [0.29, 0.717) is 11.1 Å². The van der Waals surface area contributed by atoms with E-state index in [9.17, 15) is 26.7 Å². The van der Waals surface area contributed by atoms with Crippen molar-refractivity contribution in [1.29, 1.82) is 0 Å². The Balaban J connectivity index is 2.52. The maximum absolute atomic E-state index is 13.6. The first-order chi connectivity index (χ1) is 10.3. The first-order valence-electron chi connectivity index (χ1n) is 6.14. The molecule has 0 aliphatic carbocycles. The zero-order valence-electron chi connectivity index (χ0n) is 11.5. The van der Waals surface area contributed by atoms with Crippen molar-refractivity contribution in [3.63, 3.8) is 0 Å². The molecule has 0 unspecified atom stereocenters. The van der Waals surface area contributed by atoms with Crippen LogP contribution in [0.3, 0.4) is 0 Å². The van der Waals surface area contributed by atoms with Crippen LogP contribution in [0.25, 0.3) is 0 Å². The number of aryl methyl sites for hydroxylation is 2. The molecule has 0 atom stereocenters. The zero-order chi connectivity index (χ0) is 16.6. The predicted octanol–water partition coefficient (Wildman–Crippen LogP) is 4.25. The minimum Gasteiger partial charge on any atom is -0.321 e. The Morgan fingerprint density at radius 1 is 0.818 bits per heavy atom. The van der Waals surface area contributed by atoms with E-state index in [1.807, 2.05) is 0 Å². The van der Waals surface area contributed by atoms with E-state index in [1.165, 1.54) is 0 Å². The molecular weight excluding hydrogens is 305 g/mol. The van der Waals surface area contributed by atoms with Crippen LogP contribution in [0.5, 0.6) is 0 Å². The van der Waals surface area contributed by atoms with Gasteiger partial charge in [0.15, 0.2) is 23.3 Å². The molecule has 7 heteroatoms. The molecule has 2 aromatic rings. The zero-order valence-corrected chi connectivity index (χ0v) is 11.5. The largest absolute Gasteiger partial charge is 0.321 e. The third kappa shape index (κ3) is 2.54. The molecule has 0 radical (unpaired) electrons. The van der Waals surface area contributed by atoms with Crippen molar-refractivity contribution in [1.82, 2.24) is 0 Å². The van der Waals surface area contributed by atoms with Gasteiger partial charge in [-0.3, -0.25) is 4.79 Å². The second-order valence-corrected chi connectivity index (χ2v) is 4.67. The number of halogens is 5. The van der Waals surface area contributed by atoms with Gasteiger partial charge in [-0.15, -0.1) is 0 Å². The lowest BCUT2D eigenvalue weighted by Gasteiger charge is -2.13. The Morgan fingerprint density at radius 3 is 1.68 bits per heavy atom. The molecule has 0 fully saturated rings. The number of amides is 1. The number of hydrogen-bond acceptors (Lipinski definition) is 1. The van der Waals surface area contributed by atoms with Crippen molar-refractivity contribution in [3.05, 3.63) is 64.0 Å². The molecular formula is C15H10F5NO. The standard InChI is InChI=1S/C15H10F5NO/c1-6-4-3-5-7(2)14(6)21-15(22)8-9(16)11(18)13(20)12(19)10(8)17/h3-5H,1-2H3,(H,21,22). The van der Waals surface area contributed by atoms with Gasteiger partial charge in [0, 0.05) is 5.69 Å². The number of carbonyl (C=O) groups excluding carboxylic acids is 1. The first-order valence-corrected chi connectivity index (χ1v) is 6.14. The van der Waals surface area contributed by atoms with Crippen LogP contribution in [-0.4, -0.2) is 5.91 Å². The predicted molar refractivity (Wildman–Crippen MR) is 70.1 cm³/mol. The Bertz CT molecular complexity index is 724. The third-order valence-electron chi connectivity index (χ3n) is 3.16. The highest BCUT2D eigenvalue weighted by Gasteiger charge is 2.30. The van der Waals surface area contributed by atoms with Gasteiger partial charge in [0.25, 0.3) is 5.91 Å². The minimum absolute atomic E-state index is 0.247. The van der Waals surface area contributed by atoms with Gasteiger partial charge in [-0.1, -0.05) is 18.2 Å². The Hall–Kier alpha value is -2.44. The van der Waals surface area contributed by atoms with Gasteiger partial charge < -0.3 is 5.32 Å². The summed E-state index contributed by atoms with van der Waals surface area (Å²) in [6.45, 7) is 3.25. The molecule has 1 N–H and O–H groups in total. The quantitative estimate of drug-likeness (QED) is 0.501. The van der Waals surface area contributed by atoms with Crippen molar-refractivity contribution in [2.45, 2.75) is 13.8 Å². The Labute approximate surface area is 122 Å². The van der Waals surface area contributed by atoms with Gasteiger partial charge in [-0.25, -0.2) is 22.0 Å². The van der Waals surface area contributed by atoms with Crippen LogP contribution in [0.15, 0.2) is 18.2 Å². The van der Waals surface area contributed by atoms with E-state index >= 15 is 0 Å². The van der Waals surface area contributed by atoms with E-state index < -0.39 is 40.6 Å². The highest BCUT2D eigenvalue weighted by Crippen LogP contribution is 2.25. The van der Waals surface area contributed by atoms with Gasteiger partial charge in [0.2, 0.25) is 5.82 Å². The summed E-state index contributed by atoms with van der Waals surface area (Å²) in [5.41, 5.74) is -0.107. The summed E-state index contributed by atoms with van der Waals surface area (Å²) in [6, 6.07) is 4.95. The van der Waals surface area contributed by atoms with Crippen molar-refractivity contribution >= 4 is 11.6 Å². The van der Waals surface area contributed by atoms with E-state index in [4.69, 9.17) is 0 Å². The van der Waals surface area contributed by atoms with Crippen molar-refractivity contribution < 1.29 is 26.7 Å². The van der Waals surface area contributed by atoms with Crippen molar-refractivity contribution in [2.75, 3.05) is 5.32 Å². The summed E-state index contributed by atoms with van der Waals surface area (Å²) < 4.78 is 66.3. The maximum atomic E-state index is 13.6. The molecule has 116 valence electrons. The number of rotatable bonds is 2. The van der Waals surface area contributed by atoms with Gasteiger partial charge in [-0.05, 0) is 25.0 Å². The molecule has 0 spiro atoms. The van der Waals surface area contributed by atoms with Gasteiger partial charge in [-0.2, -0.15) is 0 Å². The Kier molecular flexibility index (Phi) is 4.16. The van der Waals surface area contributed by atoms with E-state index in [0.717, 1.165) is 0 Å². The van der Waals surface area contributed by atoms with E-state index in [-0.39, 0.29) is 5.69 Å². The van der Waals surface area contributed by atoms with Crippen LogP contribution in [-0.2, 0) is 0 Å². The molecule has 0 aromatic heterocycles. The molecule has 0 bridgehead atoms. The summed E-state index contributed by atoms with van der Waals surface area (Å²) in [6.07, 6.45) is 0. The highest BCUT2D eigenvalue weighted by molar-refractivity contribution is 6.05. The lowest BCUT2D eigenvalue weighted by Crippen LogP contribution is -2.20. The fourth-order valence-corrected chi connectivity index (χ4v) is 1.99. The van der Waals surface area contributed by atoms with Crippen molar-refractivity contribution in [2.24, 2.45) is 0 Å². The average Bonchev–Trinajstić information content (AvgIpc) is 2.47. The van der Waals surface area contributed by atoms with Crippen LogP contribution in [0.1, 0.15) is 21.5 Å². The number of para-hydroxylation sites is 1. The van der Waals surface area contributed by atoms with E-state index in [2.05, 4.69) is 5.32 Å². The molecule has 2 rings (SSSR count). The van der Waals surface area contributed by atoms with Crippen LogP contribution in [0, 0.1) is 42.9 Å². The smallest absolute Gasteiger partial charge is 0.261 e. The van der Waals surface area contributed by atoms with Crippen LogP contribution in [0.2, 0.25) is 0 Å². The summed E-state index contributed by atoms with van der Waals surface area (Å²) >= 11 is 0. The Morgan fingerprint density at radius 2 is 1.23 bits per heavy atom. The second kappa shape index (κ2) is 5.75. The maximum Gasteiger partial charge on any atom is 0.261 e. The monoisotopic (exact) mass is 315 g/mol. The summed E-state index contributed by atoms with van der Waals surface area (Å²) in [7, 11) is 0. The van der Waals surface area contributed by atoms with Gasteiger partial charge in [0.05, 0.1) is 0 Å². The minimum atomic E-state index is -2.31. The van der Waals surface area contributed by atoms with Crippen LogP contribution < -0.4 is 5.32 Å². The fourth-order valence-electron chi connectivity index (χ4n) is 1.99. The summed E-state index contributed by atoms with van der Waals surface area (Å²) in [4.78, 5) is 11.9. The highest BCUT2D eigenvalue weighted by atomic mass is 19.2. The molecule has 1 amide bonds. The fraction of sp³-hybridized carbons (Fsp3) is 0.133.